The van der Waals surface area contributed by atoms with Crippen LogP contribution in [-0.4, -0.2) is 17.1 Å². The standard InChI is InChI=1S/C18H18ClFN2O2/c19-11-5-8-17(23)14(9-11)18(24)22-16-10-13(6-7-15(16)20)21-12-3-1-2-4-12/h5-10,12,21,23H,1-4H2,(H,22,24). The third kappa shape index (κ3) is 3.79. The minimum Gasteiger partial charge on any atom is -0.507 e. The van der Waals surface area contributed by atoms with Crippen molar-refractivity contribution in [3.63, 3.8) is 0 Å². The minimum absolute atomic E-state index is 0.00365. The number of carbonyl (C=O) groups is 1. The van der Waals surface area contributed by atoms with Gasteiger partial charge in [0, 0.05) is 16.8 Å². The molecule has 0 atom stereocenters. The number of rotatable bonds is 4. The Bertz CT molecular complexity index is 761. The fraction of sp³-hybridized carbons (Fsp3) is 0.278. The van der Waals surface area contributed by atoms with Gasteiger partial charge in [0.05, 0.1) is 11.3 Å². The van der Waals surface area contributed by atoms with Gasteiger partial charge in [-0.05, 0) is 49.2 Å². The average molecular weight is 349 g/mol. The molecule has 0 unspecified atom stereocenters. The fourth-order valence-corrected chi connectivity index (χ4v) is 3.07. The Morgan fingerprint density at radius 1 is 1.17 bits per heavy atom. The second-order valence-electron chi connectivity index (χ2n) is 5.94. The number of amides is 1. The van der Waals surface area contributed by atoms with Crippen molar-refractivity contribution in [3.05, 3.63) is 52.8 Å². The van der Waals surface area contributed by atoms with Crippen LogP contribution in [0.2, 0.25) is 5.02 Å². The van der Waals surface area contributed by atoms with Gasteiger partial charge in [0.15, 0.2) is 0 Å². The SMILES string of the molecule is O=C(Nc1cc(NC2CCCC2)ccc1F)c1cc(Cl)ccc1O. The molecule has 0 heterocycles. The maximum Gasteiger partial charge on any atom is 0.259 e. The van der Waals surface area contributed by atoms with Crippen LogP contribution in [0.1, 0.15) is 36.0 Å². The topological polar surface area (TPSA) is 61.4 Å². The number of halogens is 2. The average Bonchev–Trinajstić information content (AvgIpc) is 3.06. The van der Waals surface area contributed by atoms with E-state index in [-0.39, 0.29) is 17.0 Å². The number of nitrogens with one attached hydrogen (secondary N) is 2. The summed E-state index contributed by atoms with van der Waals surface area (Å²) in [5.41, 5.74) is 0.812. The van der Waals surface area contributed by atoms with Gasteiger partial charge in [0.1, 0.15) is 11.6 Å². The van der Waals surface area contributed by atoms with Crippen LogP contribution in [0.25, 0.3) is 0 Å². The Balaban J connectivity index is 1.78. The largest absolute Gasteiger partial charge is 0.507 e. The smallest absolute Gasteiger partial charge is 0.259 e. The number of aromatic hydroxyl groups is 1. The van der Waals surface area contributed by atoms with Crippen molar-refractivity contribution in [1.29, 1.82) is 0 Å². The number of hydrogen-bond donors (Lipinski definition) is 3. The Morgan fingerprint density at radius 3 is 2.67 bits per heavy atom. The summed E-state index contributed by atoms with van der Waals surface area (Å²) in [7, 11) is 0. The lowest BCUT2D eigenvalue weighted by Crippen LogP contribution is -2.16. The van der Waals surface area contributed by atoms with Gasteiger partial charge in [-0.25, -0.2) is 4.39 Å². The summed E-state index contributed by atoms with van der Waals surface area (Å²) in [6.45, 7) is 0. The van der Waals surface area contributed by atoms with Crippen LogP contribution in [-0.2, 0) is 0 Å². The highest BCUT2D eigenvalue weighted by molar-refractivity contribution is 6.31. The van der Waals surface area contributed by atoms with Crippen molar-refractivity contribution in [2.24, 2.45) is 0 Å². The van der Waals surface area contributed by atoms with Gasteiger partial charge in [-0.3, -0.25) is 4.79 Å². The summed E-state index contributed by atoms with van der Waals surface area (Å²) in [6, 6.07) is 9.05. The molecule has 1 amide bonds. The van der Waals surface area contributed by atoms with Crippen molar-refractivity contribution in [1.82, 2.24) is 0 Å². The molecule has 3 rings (SSSR count). The molecule has 2 aromatic rings. The molecule has 0 radical (unpaired) electrons. The van der Waals surface area contributed by atoms with Gasteiger partial charge in [-0.1, -0.05) is 24.4 Å². The molecule has 126 valence electrons. The lowest BCUT2D eigenvalue weighted by Gasteiger charge is -2.15. The predicted octanol–water partition coefficient (Wildman–Crippen LogP) is 4.79. The zero-order valence-electron chi connectivity index (χ0n) is 13.0. The molecule has 2 aromatic carbocycles. The van der Waals surface area contributed by atoms with E-state index in [2.05, 4.69) is 10.6 Å². The van der Waals surface area contributed by atoms with E-state index in [4.69, 9.17) is 11.6 Å². The van der Waals surface area contributed by atoms with Crippen LogP contribution in [0, 0.1) is 5.82 Å². The van der Waals surface area contributed by atoms with E-state index in [1.807, 2.05) is 0 Å². The first kappa shape index (κ1) is 16.6. The third-order valence-electron chi connectivity index (χ3n) is 4.14. The number of carbonyl (C=O) groups excluding carboxylic acids is 1. The number of benzene rings is 2. The summed E-state index contributed by atoms with van der Waals surface area (Å²) in [6.07, 6.45) is 4.57. The highest BCUT2D eigenvalue weighted by atomic mass is 35.5. The number of phenolic OH excluding ortho intramolecular Hbond substituents is 1. The molecule has 0 saturated heterocycles. The number of hydrogen-bond acceptors (Lipinski definition) is 3. The second-order valence-corrected chi connectivity index (χ2v) is 6.37. The molecular formula is C18H18ClFN2O2. The first-order chi connectivity index (χ1) is 11.5. The Labute approximate surface area is 144 Å². The summed E-state index contributed by atoms with van der Waals surface area (Å²) >= 11 is 5.84. The normalized spacial score (nSPS) is 14.6. The van der Waals surface area contributed by atoms with Gasteiger partial charge in [0.2, 0.25) is 0 Å². The quantitative estimate of drug-likeness (QED) is 0.744. The number of anilines is 2. The molecule has 1 aliphatic rings. The molecule has 1 aliphatic carbocycles. The van der Waals surface area contributed by atoms with E-state index < -0.39 is 11.7 Å². The minimum atomic E-state index is -0.619. The molecule has 0 spiro atoms. The van der Waals surface area contributed by atoms with Gasteiger partial charge in [-0.2, -0.15) is 0 Å². The highest BCUT2D eigenvalue weighted by Gasteiger charge is 2.17. The first-order valence-electron chi connectivity index (χ1n) is 7.89. The van der Waals surface area contributed by atoms with E-state index in [9.17, 15) is 14.3 Å². The Hall–Kier alpha value is -2.27. The van der Waals surface area contributed by atoms with Gasteiger partial charge in [0.25, 0.3) is 5.91 Å². The van der Waals surface area contributed by atoms with Crippen molar-refractivity contribution in [2.75, 3.05) is 10.6 Å². The van der Waals surface area contributed by atoms with Gasteiger partial charge < -0.3 is 15.7 Å². The Morgan fingerprint density at radius 2 is 1.92 bits per heavy atom. The summed E-state index contributed by atoms with van der Waals surface area (Å²) < 4.78 is 14.0. The lowest BCUT2D eigenvalue weighted by molar-refractivity contribution is 0.102. The number of phenols is 1. The zero-order valence-corrected chi connectivity index (χ0v) is 13.7. The zero-order chi connectivity index (χ0) is 17.1. The van der Waals surface area contributed by atoms with Crippen LogP contribution in [0.4, 0.5) is 15.8 Å². The van der Waals surface area contributed by atoms with E-state index in [0.717, 1.165) is 18.5 Å². The third-order valence-corrected chi connectivity index (χ3v) is 4.38. The Kier molecular flexibility index (Phi) is 4.90. The van der Waals surface area contributed by atoms with Crippen LogP contribution >= 0.6 is 11.6 Å². The summed E-state index contributed by atoms with van der Waals surface area (Å²) in [5.74, 6) is -1.37. The highest BCUT2D eigenvalue weighted by Crippen LogP contribution is 2.27. The van der Waals surface area contributed by atoms with Crippen molar-refractivity contribution < 1.29 is 14.3 Å². The molecule has 24 heavy (non-hydrogen) atoms. The predicted molar refractivity (Wildman–Crippen MR) is 93.3 cm³/mol. The van der Waals surface area contributed by atoms with Crippen molar-refractivity contribution in [2.45, 2.75) is 31.7 Å². The van der Waals surface area contributed by atoms with Gasteiger partial charge >= 0.3 is 0 Å². The van der Waals surface area contributed by atoms with Crippen molar-refractivity contribution in [3.8, 4) is 5.75 Å². The van der Waals surface area contributed by atoms with E-state index in [0.29, 0.717) is 11.1 Å². The van der Waals surface area contributed by atoms with E-state index >= 15 is 0 Å². The molecule has 0 aliphatic heterocycles. The molecule has 6 heteroatoms. The molecule has 0 aromatic heterocycles. The van der Waals surface area contributed by atoms with Crippen LogP contribution in [0.15, 0.2) is 36.4 Å². The van der Waals surface area contributed by atoms with E-state index in [1.54, 1.807) is 12.1 Å². The molecular weight excluding hydrogens is 331 g/mol. The molecule has 4 nitrogen and oxygen atoms in total. The van der Waals surface area contributed by atoms with Crippen molar-refractivity contribution >= 4 is 28.9 Å². The molecule has 1 fully saturated rings. The first-order valence-corrected chi connectivity index (χ1v) is 8.26. The van der Waals surface area contributed by atoms with Crippen LogP contribution in [0.3, 0.4) is 0 Å². The molecule has 3 N–H and O–H groups in total. The van der Waals surface area contributed by atoms with E-state index in [1.165, 1.54) is 37.1 Å². The fourth-order valence-electron chi connectivity index (χ4n) is 2.90. The second kappa shape index (κ2) is 7.09. The molecule has 0 bridgehead atoms. The lowest BCUT2D eigenvalue weighted by atomic mass is 10.1. The monoisotopic (exact) mass is 348 g/mol. The maximum atomic E-state index is 14.0. The maximum absolute atomic E-state index is 14.0. The van der Waals surface area contributed by atoms with Gasteiger partial charge in [-0.15, -0.1) is 0 Å². The van der Waals surface area contributed by atoms with Crippen LogP contribution in [0.5, 0.6) is 5.75 Å². The summed E-state index contributed by atoms with van der Waals surface area (Å²) in [4.78, 5) is 12.3. The van der Waals surface area contributed by atoms with Crippen LogP contribution < -0.4 is 10.6 Å². The molecule has 1 saturated carbocycles. The summed E-state index contributed by atoms with van der Waals surface area (Å²) in [5, 5.41) is 15.9.